The number of nitro benzene ring substituents is 1. The number of carbonyl (C=O) groups excluding carboxylic acids is 1. The third kappa shape index (κ3) is 3.85. The highest BCUT2D eigenvalue weighted by Gasteiger charge is 2.32. The van der Waals surface area contributed by atoms with E-state index in [0.717, 1.165) is 11.1 Å². The van der Waals surface area contributed by atoms with Gasteiger partial charge in [-0.1, -0.05) is 48.5 Å². The summed E-state index contributed by atoms with van der Waals surface area (Å²) in [5.41, 5.74) is 4.38. The van der Waals surface area contributed by atoms with E-state index in [1.165, 1.54) is 12.3 Å². The number of nitrogens with one attached hydrogen (secondary N) is 1. The number of furan rings is 1. The number of nitro groups is 1. The highest BCUT2D eigenvalue weighted by Crippen LogP contribution is 2.43. The smallest absolute Gasteiger partial charge is 0.280 e. The van der Waals surface area contributed by atoms with Gasteiger partial charge in [-0.15, -0.1) is 0 Å². The molecule has 1 aromatic heterocycles. The fourth-order valence-corrected chi connectivity index (χ4v) is 3.82. The third-order valence-corrected chi connectivity index (χ3v) is 5.30. The second-order valence-electron chi connectivity index (χ2n) is 7.32. The number of amides is 1. The molecule has 162 valence electrons. The van der Waals surface area contributed by atoms with Gasteiger partial charge in [0.15, 0.2) is 0 Å². The number of hydrogen-bond acceptors (Lipinski definition) is 6. The van der Waals surface area contributed by atoms with Crippen LogP contribution in [0.4, 0.5) is 5.69 Å². The molecule has 1 amide bonds. The van der Waals surface area contributed by atoms with Crippen LogP contribution in [-0.4, -0.2) is 17.0 Å². The Morgan fingerprint density at radius 3 is 2.24 bits per heavy atom. The molecule has 1 aliphatic heterocycles. The molecular formula is C25H17N3O5. The van der Waals surface area contributed by atoms with Crippen molar-refractivity contribution in [3.05, 3.63) is 112 Å². The highest BCUT2D eigenvalue weighted by atomic mass is 16.6. The minimum absolute atomic E-state index is 0.0551. The van der Waals surface area contributed by atoms with Crippen molar-refractivity contribution in [2.45, 2.75) is 5.92 Å². The van der Waals surface area contributed by atoms with Crippen LogP contribution in [0, 0.1) is 10.1 Å². The molecule has 0 fully saturated rings. The summed E-state index contributed by atoms with van der Waals surface area (Å²) in [5.74, 6) is 1.03. The SMILES string of the molecule is O=C(N/N=C\c1ccc(-c2ccccc2[N+](=O)[O-])o1)C1c2ccccc2Oc2ccccc21. The van der Waals surface area contributed by atoms with Crippen molar-refractivity contribution in [2.75, 3.05) is 0 Å². The summed E-state index contributed by atoms with van der Waals surface area (Å²) in [6, 6.07) is 24.3. The molecule has 0 spiro atoms. The average molecular weight is 439 g/mol. The maximum absolute atomic E-state index is 13.1. The van der Waals surface area contributed by atoms with E-state index >= 15 is 0 Å². The van der Waals surface area contributed by atoms with Crippen LogP contribution < -0.4 is 10.2 Å². The van der Waals surface area contributed by atoms with Crippen LogP contribution >= 0.6 is 0 Å². The van der Waals surface area contributed by atoms with Gasteiger partial charge >= 0.3 is 0 Å². The zero-order valence-electron chi connectivity index (χ0n) is 17.2. The summed E-state index contributed by atoms with van der Waals surface area (Å²) < 4.78 is 11.6. The van der Waals surface area contributed by atoms with Crippen molar-refractivity contribution in [1.82, 2.24) is 5.43 Å². The van der Waals surface area contributed by atoms with Crippen LogP contribution in [0.5, 0.6) is 11.5 Å². The van der Waals surface area contributed by atoms with Crippen molar-refractivity contribution >= 4 is 17.8 Å². The molecule has 5 rings (SSSR count). The Labute approximate surface area is 188 Å². The first-order chi connectivity index (χ1) is 16.1. The summed E-state index contributed by atoms with van der Waals surface area (Å²) in [6.07, 6.45) is 1.35. The number of para-hydroxylation sites is 3. The number of ether oxygens (including phenoxy) is 1. The summed E-state index contributed by atoms with van der Waals surface area (Å²) >= 11 is 0. The summed E-state index contributed by atoms with van der Waals surface area (Å²) in [4.78, 5) is 23.9. The molecule has 8 nitrogen and oxygen atoms in total. The van der Waals surface area contributed by atoms with Crippen LogP contribution in [0.3, 0.4) is 0 Å². The second-order valence-corrected chi connectivity index (χ2v) is 7.32. The number of nitrogens with zero attached hydrogens (tertiary/aromatic N) is 2. The maximum Gasteiger partial charge on any atom is 0.280 e. The number of carbonyl (C=O) groups is 1. The molecule has 0 atom stereocenters. The molecule has 0 unspecified atom stereocenters. The van der Waals surface area contributed by atoms with Gasteiger partial charge < -0.3 is 9.15 Å². The Bertz CT molecular complexity index is 1350. The van der Waals surface area contributed by atoms with Crippen LogP contribution in [0.2, 0.25) is 0 Å². The van der Waals surface area contributed by atoms with Gasteiger partial charge in [0.25, 0.3) is 11.6 Å². The van der Waals surface area contributed by atoms with E-state index in [0.29, 0.717) is 28.6 Å². The molecule has 0 aliphatic carbocycles. The van der Waals surface area contributed by atoms with Gasteiger partial charge in [0, 0.05) is 17.2 Å². The molecule has 1 aliphatic rings. The zero-order valence-corrected chi connectivity index (χ0v) is 17.2. The Morgan fingerprint density at radius 1 is 0.909 bits per heavy atom. The standard InChI is InChI=1S/C25H17N3O5/c29-25(24-18-8-2-5-11-21(18)33-22-12-6-3-9-19(22)24)27-26-15-16-13-14-23(32-16)17-7-1-4-10-20(17)28(30)31/h1-15,24H,(H,27,29)/b26-15-. The summed E-state index contributed by atoms with van der Waals surface area (Å²) in [7, 11) is 0. The first-order valence-corrected chi connectivity index (χ1v) is 10.1. The average Bonchev–Trinajstić information content (AvgIpc) is 3.31. The number of hydrazone groups is 1. The van der Waals surface area contributed by atoms with Crippen molar-refractivity contribution in [2.24, 2.45) is 5.10 Å². The molecule has 8 heteroatoms. The third-order valence-electron chi connectivity index (χ3n) is 5.30. The molecule has 4 aromatic rings. The minimum atomic E-state index is -0.581. The van der Waals surface area contributed by atoms with E-state index in [4.69, 9.17) is 9.15 Å². The lowest BCUT2D eigenvalue weighted by Crippen LogP contribution is -2.28. The van der Waals surface area contributed by atoms with E-state index in [-0.39, 0.29) is 11.6 Å². The van der Waals surface area contributed by atoms with Gasteiger partial charge in [0.2, 0.25) is 0 Å². The van der Waals surface area contributed by atoms with E-state index in [2.05, 4.69) is 10.5 Å². The monoisotopic (exact) mass is 439 g/mol. The molecule has 33 heavy (non-hydrogen) atoms. The lowest BCUT2D eigenvalue weighted by molar-refractivity contribution is -0.384. The molecule has 0 bridgehead atoms. The van der Waals surface area contributed by atoms with Gasteiger partial charge in [-0.2, -0.15) is 5.10 Å². The highest BCUT2D eigenvalue weighted by molar-refractivity contribution is 5.90. The first-order valence-electron chi connectivity index (χ1n) is 10.1. The van der Waals surface area contributed by atoms with E-state index in [1.54, 1.807) is 30.3 Å². The number of rotatable bonds is 5. The van der Waals surface area contributed by atoms with Crippen molar-refractivity contribution in [3.8, 4) is 22.8 Å². The lowest BCUT2D eigenvalue weighted by atomic mass is 9.87. The predicted octanol–water partition coefficient (Wildman–Crippen LogP) is 5.24. The fraction of sp³-hybridized carbons (Fsp3) is 0.0400. The summed E-state index contributed by atoms with van der Waals surface area (Å²) in [6.45, 7) is 0. The Balaban J connectivity index is 1.36. The number of hydrogen-bond donors (Lipinski definition) is 1. The topological polar surface area (TPSA) is 107 Å². The van der Waals surface area contributed by atoms with Gasteiger partial charge in [-0.05, 0) is 30.3 Å². The van der Waals surface area contributed by atoms with Gasteiger partial charge in [0.05, 0.1) is 22.6 Å². The van der Waals surface area contributed by atoms with E-state index in [1.807, 2.05) is 48.5 Å². The van der Waals surface area contributed by atoms with Crippen LogP contribution in [0.25, 0.3) is 11.3 Å². The normalized spacial score (nSPS) is 12.6. The van der Waals surface area contributed by atoms with Crippen molar-refractivity contribution in [3.63, 3.8) is 0 Å². The van der Waals surface area contributed by atoms with Gasteiger partial charge in [-0.3, -0.25) is 14.9 Å². The van der Waals surface area contributed by atoms with Gasteiger partial charge in [-0.25, -0.2) is 5.43 Å². The Morgan fingerprint density at radius 2 is 1.55 bits per heavy atom. The largest absolute Gasteiger partial charge is 0.457 e. The van der Waals surface area contributed by atoms with E-state index in [9.17, 15) is 14.9 Å². The minimum Gasteiger partial charge on any atom is -0.457 e. The van der Waals surface area contributed by atoms with Gasteiger partial charge in [0.1, 0.15) is 23.0 Å². The lowest BCUT2D eigenvalue weighted by Gasteiger charge is -2.26. The van der Waals surface area contributed by atoms with Crippen LogP contribution in [-0.2, 0) is 4.79 Å². The van der Waals surface area contributed by atoms with Crippen molar-refractivity contribution < 1.29 is 18.9 Å². The van der Waals surface area contributed by atoms with Crippen LogP contribution in [0.1, 0.15) is 22.8 Å². The zero-order chi connectivity index (χ0) is 22.8. The number of fused-ring (bicyclic) bond motifs is 2. The Kier molecular flexibility index (Phi) is 5.16. The second kappa shape index (κ2) is 8.43. The molecular weight excluding hydrogens is 422 g/mol. The number of benzene rings is 3. The molecule has 1 N–H and O–H groups in total. The predicted molar refractivity (Wildman–Crippen MR) is 121 cm³/mol. The molecule has 2 heterocycles. The molecule has 3 aromatic carbocycles. The first kappa shape index (κ1) is 20.2. The maximum atomic E-state index is 13.1. The molecule has 0 saturated carbocycles. The van der Waals surface area contributed by atoms with E-state index < -0.39 is 10.8 Å². The fourth-order valence-electron chi connectivity index (χ4n) is 3.82. The molecule has 0 saturated heterocycles. The van der Waals surface area contributed by atoms with Crippen LogP contribution in [0.15, 0.2) is 94.4 Å². The molecule has 0 radical (unpaired) electrons. The summed E-state index contributed by atoms with van der Waals surface area (Å²) in [5, 5.41) is 15.3. The van der Waals surface area contributed by atoms with Crippen molar-refractivity contribution in [1.29, 1.82) is 0 Å². The Hall–Kier alpha value is -4.72. The quantitative estimate of drug-likeness (QED) is 0.260.